The van der Waals surface area contributed by atoms with Gasteiger partial charge in [-0.1, -0.05) is 46.5 Å². The predicted octanol–water partition coefficient (Wildman–Crippen LogP) is 2.95. The number of rotatable bonds is 6. The Labute approximate surface area is 101 Å². The van der Waals surface area contributed by atoms with Crippen LogP contribution in [0.5, 0.6) is 0 Å². The molecule has 2 atom stereocenters. The summed E-state index contributed by atoms with van der Waals surface area (Å²) < 4.78 is 0. The van der Waals surface area contributed by atoms with Crippen LogP contribution in [0.2, 0.25) is 0 Å². The van der Waals surface area contributed by atoms with Gasteiger partial charge in [-0.2, -0.15) is 0 Å². The molecule has 0 aromatic carbocycles. The van der Waals surface area contributed by atoms with Crippen molar-refractivity contribution in [2.75, 3.05) is 13.1 Å². The molecule has 1 aliphatic rings. The van der Waals surface area contributed by atoms with E-state index in [1.807, 2.05) is 0 Å². The fourth-order valence-corrected chi connectivity index (χ4v) is 2.88. The molecule has 96 valence electrons. The van der Waals surface area contributed by atoms with E-state index in [0.29, 0.717) is 5.92 Å². The first kappa shape index (κ1) is 14.0. The van der Waals surface area contributed by atoms with E-state index in [-0.39, 0.29) is 0 Å². The van der Waals surface area contributed by atoms with Gasteiger partial charge in [0.05, 0.1) is 5.60 Å². The van der Waals surface area contributed by atoms with Gasteiger partial charge in [-0.05, 0) is 31.2 Å². The lowest BCUT2D eigenvalue weighted by Crippen LogP contribution is -2.45. The van der Waals surface area contributed by atoms with Crippen LogP contribution in [0.15, 0.2) is 0 Å². The average Bonchev–Trinajstić information content (AvgIpc) is 2.24. The number of hydrogen-bond donors (Lipinski definition) is 2. The second-order valence-corrected chi connectivity index (χ2v) is 5.74. The van der Waals surface area contributed by atoms with Crippen LogP contribution >= 0.6 is 0 Å². The summed E-state index contributed by atoms with van der Waals surface area (Å²) in [5.41, 5.74) is -0.427. The van der Waals surface area contributed by atoms with Gasteiger partial charge in [-0.3, -0.25) is 0 Å². The highest BCUT2D eigenvalue weighted by atomic mass is 16.3. The Kier molecular flexibility index (Phi) is 5.77. The van der Waals surface area contributed by atoms with E-state index in [0.717, 1.165) is 31.8 Å². The minimum atomic E-state index is -0.427. The first-order valence-electron chi connectivity index (χ1n) is 7.02. The Hall–Kier alpha value is -0.0800. The SMILES string of the molecule is CCC(CC)CNCC1(O)CCCC(C)C1. The zero-order valence-electron chi connectivity index (χ0n) is 11.3. The highest BCUT2D eigenvalue weighted by Gasteiger charge is 2.32. The van der Waals surface area contributed by atoms with E-state index in [1.54, 1.807) is 0 Å². The highest BCUT2D eigenvalue weighted by Crippen LogP contribution is 2.31. The van der Waals surface area contributed by atoms with E-state index < -0.39 is 5.60 Å². The summed E-state index contributed by atoms with van der Waals surface area (Å²) >= 11 is 0. The number of nitrogens with one attached hydrogen (secondary N) is 1. The molecular formula is C14H29NO. The fourth-order valence-electron chi connectivity index (χ4n) is 2.88. The smallest absolute Gasteiger partial charge is 0.0774 e. The van der Waals surface area contributed by atoms with Crippen molar-refractivity contribution in [3.05, 3.63) is 0 Å². The van der Waals surface area contributed by atoms with E-state index in [1.165, 1.54) is 25.7 Å². The first-order chi connectivity index (χ1) is 7.59. The van der Waals surface area contributed by atoms with E-state index in [9.17, 15) is 5.11 Å². The zero-order chi connectivity index (χ0) is 12.0. The van der Waals surface area contributed by atoms with Crippen molar-refractivity contribution in [3.8, 4) is 0 Å². The molecule has 0 saturated heterocycles. The third-order valence-corrected chi connectivity index (χ3v) is 4.11. The number of hydrogen-bond acceptors (Lipinski definition) is 2. The molecule has 0 heterocycles. The Bertz CT molecular complexity index is 191. The number of aliphatic hydroxyl groups is 1. The molecule has 0 aliphatic heterocycles. The normalized spacial score (nSPS) is 30.9. The standard InChI is InChI=1S/C14H29NO/c1-4-13(5-2)10-15-11-14(16)8-6-7-12(3)9-14/h12-13,15-16H,4-11H2,1-3H3. The minimum Gasteiger partial charge on any atom is -0.389 e. The molecule has 16 heavy (non-hydrogen) atoms. The highest BCUT2D eigenvalue weighted by molar-refractivity contribution is 4.87. The summed E-state index contributed by atoms with van der Waals surface area (Å²) in [7, 11) is 0. The zero-order valence-corrected chi connectivity index (χ0v) is 11.3. The molecule has 2 nitrogen and oxygen atoms in total. The van der Waals surface area contributed by atoms with Gasteiger partial charge in [0.15, 0.2) is 0 Å². The Balaban J connectivity index is 2.25. The van der Waals surface area contributed by atoms with Gasteiger partial charge in [0.1, 0.15) is 0 Å². The van der Waals surface area contributed by atoms with Crippen LogP contribution in [0.4, 0.5) is 0 Å². The van der Waals surface area contributed by atoms with E-state index in [4.69, 9.17) is 0 Å². The molecule has 1 saturated carbocycles. The monoisotopic (exact) mass is 227 g/mol. The summed E-state index contributed by atoms with van der Waals surface area (Å²) in [4.78, 5) is 0. The van der Waals surface area contributed by atoms with Crippen LogP contribution in [0.1, 0.15) is 59.3 Å². The lowest BCUT2D eigenvalue weighted by atomic mass is 9.79. The van der Waals surface area contributed by atoms with Gasteiger partial charge >= 0.3 is 0 Å². The average molecular weight is 227 g/mol. The van der Waals surface area contributed by atoms with Crippen molar-refractivity contribution >= 4 is 0 Å². The summed E-state index contributed by atoms with van der Waals surface area (Å²) in [5.74, 6) is 1.46. The molecule has 2 heteroatoms. The maximum absolute atomic E-state index is 10.4. The summed E-state index contributed by atoms with van der Waals surface area (Å²) in [6.45, 7) is 8.59. The molecule has 0 radical (unpaired) electrons. The second kappa shape index (κ2) is 6.61. The molecule has 2 N–H and O–H groups in total. The van der Waals surface area contributed by atoms with Crippen molar-refractivity contribution in [1.29, 1.82) is 0 Å². The summed E-state index contributed by atoms with van der Waals surface area (Å²) in [6.07, 6.45) is 6.89. The van der Waals surface area contributed by atoms with Crippen LogP contribution in [0.25, 0.3) is 0 Å². The van der Waals surface area contributed by atoms with Crippen molar-refractivity contribution < 1.29 is 5.11 Å². The van der Waals surface area contributed by atoms with Crippen LogP contribution in [-0.4, -0.2) is 23.8 Å². The third kappa shape index (κ3) is 4.42. The van der Waals surface area contributed by atoms with Gasteiger partial charge in [-0.15, -0.1) is 0 Å². The molecule has 1 fully saturated rings. The summed E-state index contributed by atoms with van der Waals surface area (Å²) in [5, 5.41) is 13.9. The Morgan fingerprint density at radius 3 is 2.62 bits per heavy atom. The van der Waals surface area contributed by atoms with Gasteiger partial charge in [0.2, 0.25) is 0 Å². The van der Waals surface area contributed by atoms with Crippen molar-refractivity contribution in [1.82, 2.24) is 5.32 Å². The molecule has 0 amide bonds. The van der Waals surface area contributed by atoms with Crippen LogP contribution in [0.3, 0.4) is 0 Å². The molecule has 0 bridgehead atoms. The Morgan fingerprint density at radius 1 is 1.38 bits per heavy atom. The van der Waals surface area contributed by atoms with Gasteiger partial charge in [0.25, 0.3) is 0 Å². The largest absolute Gasteiger partial charge is 0.389 e. The maximum Gasteiger partial charge on any atom is 0.0774 e. The summed E-state index contributed by atoms with van der Waals surface area (Å²) in [6, 6.07) is 0. The van der Waals surface area contributed by atoms with Crippen molar-refractivity contribution in [2.45, 2.75) is 64.9 Å². The molecule has 1 aliphatic carbocycles. The van der Waals surface area contributed by atoms with Crippen molar-refractivity contribution in [3.63, 3.8) is 0 Å². The molecule has 0 spiro atoms. The molecule has 1 rings (SSSR count). The molecule has 2 unspecified atom stereocenters. The first-order valence-corrected chi connectivity index (χ1v) is 7.02. The quantitative estimate of drug-likeness (QED) is 0.731. The van der Waals surface area contributed by atoms with Gasteiger partial charge in [-0.25, -0.2) is 0 Å². The van der Waals surface area contributed by atoms with Crippen LogP contribution < -0.4 is 5.32 Å². The Morgan fingerprint density at radius 2 is 2.06 bits per heavy atom. The second-order valence-electron chi connectivity index (χ2n) is 5.74. The third-order valence-electron chi connectivity index (χ3n) is 4.11. The van der Waals surface area contributed by atoms with Crippen LogP contribution in [-0.2, 0) is 0 Å². The lowest BCUT2D eigenvalue weighted by molar-refractivity contribution is -0.0122. The van der Waals surface area contributed by atoms with E-state index >= 15 is 0 Å². The maximum atomic E-state index is 10.4. The van der Waals surface area contributed by atoms with E-state index in [2.05, 4.69) is 26.1 Å². The minimum absolute atomic E-state index is 0.427. The molecular weight excluding hydrogens is 198 g/mol. The molecule has 0 aromatic heterocycles. The van der Waals surface area contributed by atoms with Crippen molar-refractivity contribution in [2.24, 2.45) is 11.8 Å². The predicted molar refractivity (Wildman–Crippen MR) is 69.5 cm³/mol. The van der Waals surface area contributed by atoms with Gasteiger partial charge in [0, 0.05) is 6.54 Å². The topological polar surface area (TPSA) is 32.3 Å². The fraction of sp³-hybridized carbons (Fsp3) is 1.00. The van der Waals surface area contributed by atoms with Gasteiger partial charge < -0.3 is 10.4 Å². The molecule has 0 aromatic rings. The lowest BCUT2D eigenvalue weighted by Gasteiger charge is -2.36. The van der Waals surface area contributed by atoms with Crippen LogP contribution in [0, 0.1) is 11.8 Å².